The topological polar surface area (TPSA) is 64.1 Å². The lowest BCUT2D eigenvalue weighted by Gasteiger charge is -2.27. The van der Waals surface area contributed by atoms with Gasteiger partial charge >= 0.3 is 5.97 Å². The Kier molecular flexibility index (Phi) is 4.52. The number of hydrogen-bond acceptors (Lipinski definition) is 6. The van der Waals surface area contributed by atoms with Gasteiger partial charge in [-0.05, 0) is 25.7 Å². The van der Waals surface area contributed by atoms with Crippen LogP contribution in [0.15, 0.2) is 0 Å². The summed E-state index contributed by atoms with van der Waals surface area (Å²) in [7, 11) is 1.46. The highest BCUT2D eigenvalue weighted by Crippen LogP contribution is 2.28. The van der Waals surface area contributed by atoms with Gasteiger partial charge in [-0.15, -0.1) is 10.2 Å². The number of aryl methyl sites for hydroxylation is 1. The first-order valence-corrected chi connectivity index (χ1v) is 7.21. The molecule has 1 aromatic heterocycles. The summed E-state index contributed by atoms with van der Waals surface area (Å²) in [6.45, 7) is 2.07. The molecule has 0 amide bonds. The highest BCUT2D eigenvalue weighted by atomic mass is 32.1. The van der Waals surface area contributed by atoms with Crippen LogP contribution in [0.3, 0.4) is 0 Å². The third-order valence-electron chi connectivity index (χ3n) is 3.31. The zero-order valence-corrected chi connectivity index (χ0v) is 11.6. The summed E-state index contributed by atoms with van der Waals surface area (Å²) in [5.41, 5.74) is 0. The molecule has 1 fully saturated rings. The molecule has 1 N–H and O–H groups in total. The lowest BCUT2D eigenvalue weighted by molar-refractivity contribution is -0.146. The molecule has 2 rings (SSSR count). The second-order valence-corrected chi connectivity index (χ2v) is 5.64. The molecular formula is C12H19N3O2S. The molecule has 1 aromatic rings. The molecule has 0 aliphatic heterocycles. The van der Waals surface area contributed by atoms with E-state index in [9.17, 15) is 4.79 Å². The quantitative estimate of drug-likeness (QED) is 0.849. The Labute approximate surface area is 111 Å². The first-order valence-electron chi connectivity index (χ1n) is 6.39. The van der Waals surface area contributed by atoms with Crippen LogP contribution in [0.4, 0.5) is 5.13 Å². The van der Waals surface area contributed by atoms with Crippen molar-refractivity contribution >= 4 is 22.4 Å². The summed E-state index contributed by atoms with van der Waals surface area (Å²) in [5.74, 6) is -0.0622. The molecule has 1 heterocycles. The standard InChI is InChI=1S/C12H19N3O2S/c1-3-10-14-15-12(18-10)13-9-6-4-5-8(7-9)11(16)17-2/h8-9H,3-7H2,1-2H3,(H,13,15). The Morgan fingerprint density at radius 1 is 1.50 bits per heavy atom. The molecule has 0 radical (unpaired) electrons. The summed E-state index contributed by atoms with van der Waals surface area (Å²) in [5, 5.41) is 13.5. The summed E-state index contributed by atoms with van der Waals surface area (Å²) in [4.78, 5) is 11.5. The molecule has 100 valence electrons. The van der Waals surface area contributed by atoms with Crippen LogP contribution >= 0.6 is 11.3 Å². The molecule has 0 saturated heterocycles. The average Bonchev–Trinajstić information content (AvgIpc) is 2.86. The first kappa shape index (κ1) is 13.3. The number of anilines is 1. The monoisotopic (exact) mass is 269 g/mol. The van der Waals surface area contributed by atoms with E-state index in [0.29, 0.717) is 6.04 Å². The van der Waals surface area contributed by atoms with Crippen molar-refractivity contribution in [1.29, 1.82) is 0 Å². The van der Waals surface area contributed by atoms with Crippen LogP contribution in [0.1, 0.15) is 37.6 Å². The summed E-state index contributed by atoms with van der Waals surface area (Å²) >= 11 is 1.59. The largest absolute Gasteiger partial charge is 0.469 e. The molecule has 1 aliphatic carbocycles. The normalized spacial score (nSPS) is 23.7. The van der Waals surface area contributed by atoms with Crippen LogP contribution in [-0.2, 0) is 16.0 Å². The maximum absolute atomic E-state index is 11.5. The van der Waals surface area contributed by atoms with Crippen molar-refractivity contribution in [2.45, 2.75) is 45.1 Å². The fraction of sp³-hybridized carbons (Fsp3) is 0.750. The van der Waals surface area contributed by atoms with E-state index in [0.717, 1.165) is 42.2 Å². The summed E-state index contributed by atoms with van der Waals surface area (Å²) in [6.07, 6.45) is 4.80. The van der Waals surface area contributed by atoms with Gasteiger partial charge in [-0.1, -0.05) is 24.7 Å². The Morgan fingerprint density at radius 3 is 3.00 bits per heavy atom. The van der Waals surface area contributed by atoms with E-state index in [2.05, 4.69) is 22.4 Å². The number of rotatable bonds is 4. The Balaban J connectivity index is 1.91. The van der Waals surface area contributed by atoms with Crippen LogP contribution in [0.2, 0.25) is 0 Å². The van der Waals surface area contributed by atoms with Crippen LogP contribution < -0.4 is 5.32 Å². The lowest BCUT2D eigenvalue weighted by Crippen LogP contribution is -2.31. The molecule has 5 nitrogen and oxygen atoms in total. The van der Waals surface area contributed by atoms with Gasteiger partial charge < -0.3 is 10.1 Å². The summed E-state index contributed by atoms with van der Waals surface area (Å²) in [6, 6.07) is 0.306. The number of carbonyl (C=O) groups excluding carboxylic acids is 1. The minimum absolute atomic E-state index is 0.0276. The highest BCUT2D eigenvalue weighted by Gasteiger charge is 2.28. The van der Waals surface area contributed by atoms with Crippen molar-refractivity contribution in [2.75, 3.05) is 12.4 Å². The van der Waals surface area contributed by atoms with E-state index < -0.39 is 0 Å². The number of aromatic nitrogens is 2. The van der Waals surface area contributed by atoms with Crippen LogP contribution in [-0.4, -0.2) is 29.3 Å². The Bertz CT molecular complexity index is 408. The third kappa shape index (κ3) is 3.19. The summed E-state index contributed by atoms with van der Waals surface area (Å²) < 4.78 is 4.82. The Morgan fingerprint density at radius 2 is 2.33 bits per heavy atom. The maximum atomic E-state index is 11.5. The van der Waals surface area contributed by atoms with E-state index in [1.54, 1.807) is 11.3 Å². The van der Waals surface area contributed by atoms with E-state index in [-0.39, 0.29) is 11.9 Å². The molecule has 0 spiro atoms. The van der Waals surface area contributed by atoms with Gasteiger partial charge in [0.05, 0.1) is 13.0 Å². The maximum Gasteiger partial charge on any atom is 0.308 e. The number of nitrogens with one attached hydrogen (secondary N) is 1. The SMILES string of the molecule is CCc1nnc(NC2CCCC(C(=O)OC)C2)s1. The van der Waals surface area contributed by atoms with Gasteiger partial charge in [0.25, 0.3) is 0 Å². The lowest BCUT2D eigenvalue weighted by atomic mass is 9.86. The van der Waals surface area contributed by atoms with E-state index in [1.165, 1.54) is 7.11 Å². The number of nitrogens with zero attached hydrogens (tertiary/aromatic N) is 2. The van der Waals surface area contributed by atoms with E-state index in [1.807, 2.05) is 0 Å². The van der Waals surface area contributed by atoms with Crippen LogP contribution in [0.25, 0.3) is 0 Å². The van der Waals surface area contributed by atoms with Gasteiger partial charge in [-0.3, -0.25) is 4.79 Å². The molecule has 0 bridgehead atoms. The second kappa shape index (κ2) is 6.13. The van der Waals surface area contributed by atoms with Gasteiger partial charge in [0.2, 0.25) is 5.13 Å². The minimum atomic E-state index is -0.0898. The predicted molar refractivity (Wildman–Crippen MR) is 70.7 cm³/mol. The molecule has 2 unspecified atom stereocenters. The van der Waals surface area contributed by atoms with Crippen molar-refractivity contribution < 1.29 is 9.53 Å². The molecule has 1 saturated carbocycles. The molecule has 18 heavy (non-hydrogen) atoms. The van der Waals surface area contributed by atoms with Crippen molar-refractivity contribution in [2.24, 2.45) is 5.92 Å². The smallest absolute Gasteiger partial charge is 0.308 e. The predicted octanol–water partition coefficient (Wildman–Crippen LogP) is 2.24. The van der Waals surface area contributed by atoms with Gasteiger partial charge in [0.15, 0.2) is 0 Å². The molecule has 0 aromatic carbocycles. The van der Waals surface area contributed by atoms with Crippen molar-refractivity contribution in [3.63, 3.8) is 0 Å². The fourth-order valence-electron chi connectivity index (χ4n) is 2.33. The van der Waals surface area contributed by atoms with Crippen LogP contribution in [0, 0.1) is 5.92 Å². The van der Waals surface area contributed by atoms with Gasteiger partial charge in [0.1, 0.15) is 5.01 Å². The molecule has 1 aliphatic rings. The van der Waals surface area contributed by atoms with E-state index >= 15 is 0 Å². The van der Waals surface area contributed by atoms with Gasteiger partial charge in [-0.2, -0.15) is 0 Å². The average molecular weight is 269 g/mol. The van der Waals surface area contributed by atoms with E-state index in [4.69, 9.17) is 4.74 Å². The minimum Gasteiger partial charge on any atom is -0.469 e. The third-order valence-corrected chi connectivity index (χ3v) is 4.30. The number of hydrogen-bond donors (Lipinski definition) is 1. The number of methoxy groups -OCH3 is 1. The fourth-order valence-corrected chi connectivity index (χ4v) is 3.09. The number of carbonyl (C=O) groups is 1. The van der Waals surface area contributed by atoms with Crippen molar-refractivity contribution in [3.05, 3.63) is 5.01 Å². The van der Waals surface area contributed by atoms with Crippen molar-refractivity contribution in [3.8, 4) is 0 Å². The second-order valence-electron chi connectivity index (χ2n) is 4.58. The van der Waals surface area contributed by atoms with Crippen molar-refractivity contribution in [1.82, 2.24) is 10.2 Å². The zero-order chi connectivity index (χ0) is 13.0. The zero-order valence-electron chi connectivity index (χ0n) is 10.8. The molecule has 2 atom stereocenters. The molecular weight excluding hydrogens is 250 g/mol. The Hall–Kier alpha value is -1.17. The highest BCUT2D eigenvalue weighted by molar-refractivity contribution is 7.15. The number of ether oxygens (including phenoxy) is 1. The molecule has 6 heteroatoms. The first-order chi connectivity index (χ1) is 8.72. The van der Waals surface area contributed by atoms with Gasteiger partial charge in [-0.25, -0.2) is 0 Å². The van der Waals surface area contributed by atoms with Crippen LogP contribution in [0.5, 0.6) is 0 Å². The van der Waals surface area contributed by atoms with Gasteiger partial charge in [0, 0.05) is 6.04 Å². The number of esters is 1.